The van der Waals surface area contributed by atoms with E-state index in [1.165, 1.54) is 43.6 Å². The van der Waals surface area contributed by atoms with Crippen LogP contribution in [0.25, 0.3) is 0 Å². The van der Waals surface area contributed by atoms with Crippen molar-refractivity contribution in [1.29, 1.82) is 0 Å². The highest BCUT2D eigenvalue weighted by atomic mass is 16.5. The van der Waals surface area contributed by atoms with Crippen LogP contribution in [0, 0.1) is 5.92 Å². The van der Waals surface area contributed by atoms with Gasteiger partial charge >= 0.3 is 0 Å². The number of hydrogen-bond acceptors (Lipinski definition) is 3. The molecule has 2 atom stereocenters. The molecule has 2 fully saturated rings. The quantitative estimate of drug-likeness (QED) is 0.912. The van der Waals surface area contributed by atoms with Crippen molar-refractivity contribution in [3.8, 4) is 5.75 Å². The summed E-state index contributed by atoms with van der Waals surface area (Å²) in [5, 5.41) is 3.63. The second-order valence-electron chi connectivity index (χ2n) is 7.05. The first-order chi connectivity index (χ1) is 11.9. The van der Waals surface area contributed by atoms with Crippen LogP contribution in [-0.2, 0) is 13.2 Å². The van der Waals surface area contributed by atoms with Crippen molar-refractivity contribution in [1.82, 2.24) is 10.2 Å². The standard InChI is InChI=1S/C21H26N2O/c1-2-4-18(5-3-1)16-24-20-8-6-17(7-9-20)14-23-13-11-21-19(15-23)10-12-22-21/h1-9,19,21-22H,10-16H2. The molecule has 2 heterocycles. The summed E-state index contributed by atoms with van der Waals surface area (Å²) in [5.41, 5.74) is 2.58. The summed E-state index contributed by atoms with van der Waals surface area (Å²) in [6, 6.07) is 19.7. The first kappa shape index (κ1) is 15.7. The molecule has 2 aromatic rings. The Labute approximate surface area is 144 Å². The van der Waals surface area contributed by atoms with E-state index < -0.39 is 0 Å². The van der Waals surface area contributed by atoms with Gasteiger partial charge in [-0.15, -0.1) is 0 Å². The average Bonchev–Trinajstić information content (AvgIpc) is 3.10. The third-order valence-electron chi connectivity index (χ3n) is 5.32. The number of piperidine rings is 1. The zero-order valence-corrected chi connectivity index (χ0v) is 14.2. The Morgan fingerprint density at radius 1 is 0.958 bits per heavy atom. The van der Waals surface area contributed by atoms with Gasteiger partial charge in [0.1, 0.15) is 12.4 Å². The fraction of sp³-hybridized carbons (Fsp3) is 0.429. The summed E-state index contributed by atoms with van der Waals surface area (Å²) in [5.74, 6) is 1.80. The lowest BCUT2D eigenvalue weighted by molar-refractivity contribution is 0.156. The van der Waals surface area contributed by atoms with Crippen molar-refractivity contribution >= 4 is 0 Å². The summed E-state index contributed by atoms with van der Waals surface area (Å²) in [6.07, 6.45) is 2.64. The van der Waals surface area contributed by atoms with Crippen molar-refractivity contribution in [2.75, 3.05) is 19.6 Å². The zero-order valence-electron chi connectivity index (χ0n) is 14.2. The van der Waals surface area contributed by atoms with Crippen LogP contribution in [-0.4, -0.2) is 30.6 Å². The fourth-order valence-corrected chi connectivity index (χ4v) is 3.96. The third kappa shape index (κ3) is 3.80. The van der Waals surface area contributed by atoms with Gasteiger partial charge in [0.2, 0.25) is 0 Å². The van der Waals surface area contributed by atoms with Crippen molar-refractivity contribution < 1.29 is 4.74 Å². The van der Waals surface area contributed by atoms with Crippen LogP contribution in [0.15, 0.2) is 54.6 Å². The van der Waals surface area contributed by atoms with Crippen LogP contribution < -0.4 is 10.1 Å². The molecule has 2 aliphatic heterocycles. The Morgan fingerprint density at radius 3 is 2.62 bits per heavy atom. The molecule has 2 aliphatic rings. The topological polar surface area (TPSA) is 24.5 Å². The van der Waals surface area contributed by atoms with E-state index in [0.717, 1.165) is 24.3 Å². The summed E-state index contributed by atoms with van der Waals surface area (Å²) < 4.78 is 5.87. The molecule has 0 radical (unpaired) electrons. The SMILES string of the molecule is c1ccc(COc2ccc(CN3CCC4NCCC4C3)cc2)cc1. The lowest BCUT2D eigenvalue weighted by atomic mass is 9.93. The van der Waals surface area contributed by atoms with Crippen LogP contribution in [0.5, 0.6) is 5.75 Å². The van der Waals surface area contributed by atoms with Gasteiger partial charge in [-0.1, -0.05) is 42.5 Å². The Hall–Kier alpha value is -1.84. The molecule has 1 N–H and O–H groups in total. The lowest BCUT2D eigenvalue weighted by Crippen LogP contribution is -2.43. The van der Waals surface area contributed by atoms with E-state index in [2.05, 4.69) is 46.6 Å². The van der Waals surface area contributed by atoms with Gasteiger partial charge in [-0.3, -0.25) is 4.90 Å². The molecular weight excluding hydrogens is 296 g/mol. The highest BCUT2D eigenvalue weighted by molar-refractivity contribution is 5.28. The van der Waals surface area contributed by atoms with Gasteiger partial charge in [-0.25, -0.2) is 0 Å². The fourth-order valence-electron chi connectivity index (χ4n) is 3.96. The summed E-state index contributed by atoms with van der Waals surface area (Å²) in [6.45, 7) is 5.34. The molecule has 24 heavy (non-hydrogen) atoms. The first-order valence-electron chi connectivity index (χ1n) is 9.08. The zero-order chi connectivity index (χ0) is 16.2. The van der Waals surface area contributed by atoms with E-state index in [4.69, 9.17) is 4.74 Å². The molecule has 0 bridgehead atoms. The second kappa shape index (κ2) is 7.37. The van der Waals surface area contributed by atoms with Gasteiger partial charge < -0.3 is 10.1 Å². The summed E-state index contributed by atoms with van der Waals surface area (Å²) in [4.78, 5) is 2.61. The lowest BCUT2D eigenvalue weighted by Gasteiger charge is -2.34. The molecule has 2 saturated heterocycles. The molecule has 3 nitrogen and oxygen atoms in total. The highest BCUT2D eigenvalue weighted by Gasteiger charge is 2.32. The molecule has 4 rings (SSSR count). The van der Waals surface area contributed by atoms with E-state index in [0.29, 0.717) is 6.61 Å². The molecule has 126 valence electrons. The maximum Gasteiger partial charge on any atom is 0.119 e. The van der Waals surface area contributed by atoms with Crippen LogP contribution in [0.4, 0.5) is 0 Å². The monoisotopic (exact) mass is 322 g/mol. The number of ether oxygens (including phenoxy) is 1. The van der Waals surface area contributed by atoms with Gasteiger partial charge in [-0.2, -0.15) is 0 Å². The minimum atomic E-state index is 0.627. The van der Waals surface area contributed by atoms with Gasteiger partial charge in [0.25, 0.3) is 0 Å². The van der Waals surface area contributed by atoms with E-state index in [1.807, 2.05) is 18.2 Å². The van der Waals surface area contributed by atoms with Gasteiger partial charge in [-0.05, 0) is 55.1 Å². The van der Waals surface area contributed by atoms with E-state index >= 15 is 0 Å². The Kier molecular flexibility index (Phi) is 4.81. The Bertz CT molecular complexity index is 641. The molecule has 0 aliphatic carbocycles. The highest BCUT2D eigenvalue weighted by Crippen LogP contribution is 2.26. The van der Waals surface area contributed by atoms with Gasteiger partial charge in [0, 0.05) is 19.1 Å². The summed E-state index contributed by atoms with van der Waals surface area (Å²) in [7, 11) is 0. The van der Waals surface area contributed by atoms with Crippen LogP contribution in [0.3, 0.4) is 0 Å². The molecule has 0 amide bonds. The number of hydrogen-bond donors (Lipinski definition) is 1. The Morgan fingerprint density at radius 2 is 1.79 bits per heavy atom. The molecule has 3 heteroatoms. The Balaban J connectivity index is 1.29. The van der Waals surface area contributed by atoms with Crippen molar-refractivity contribution in [2.24, 2.45) is 5.92 Å². The predicted octanol–water partition coefficient (Wildman–Crippen LogP) is 3.45. The van der Waals surface area contributed by atoms with Crippen LogP contribution in [0.1, 0.15) is 24.0 Å². The molecule has 0 aromatic heterocycles. The first-order valence-corrected chi connectivity index (χ1v) is 9.08. The molecular formula is C21H26N2O. The second-order valence-corrected chi connectivity index (χ2v) is 7.05. The molecule has 2 aromatic carbocycles. The number of rotatable bonds is 5. The van der Waals surface area contributed by atoms with Crippen molar-refractivity contribution in [3.05, 3.63) is 65.7 Å². The van der Waals surface area contributed by atoms with E-state index in [-0.39, 0.29) is 0 Å². The maximum absolute atomic E-state index is 5.87. The maximum atomic E-state index is 5.87. The van der Waals surface area contributed by atoms with Gasteiger partial charge in [0.05, 0.1) is 0 Å². The van der Waals surface area contributed by atoms with E-state index in [9.17, 15) is 0 Å². The number of likely N-dealkylation sites (tertiary alicyclic amines) is 1. The number of nitrogens with zero attached hydrogens (tertiary/aromatic N) is 1. The molecule has 0 saturated carbocycles. The number of benzene rings is 2. The van der Waals surface area contributed by atoms with E-state index in [1.54, 1.807) is 0 Å². The third-order valence-corrected chi connectivity index (χ3v) is 5.32. The smallest absolute Gasteiger partial charge is 0.119 e. The van der Waals surface area contributed by atoms with Crippen molar-refractivity contribution in [3.63, 3.8) is 0 Å². The normalized spacial score (nSPS) is 23.8. The summed E-state index contributed by atoms with van der Waals surface area (Å²) >= 11 is 0. The molecule has 2 unspecified atom stereocenters. The van der Waals surface area contributed by atoms with Crippen LogP contribution >= 0.6 is 0 Å². The minimum absolute atomic E-state index is 0.627. The van der Waals surface area contributed by atoms with Crippen LogP contribution in [0.2, 0.25) is 0 Å². The largest absolute Gasteiger partial charge is 0.489 e. The number of fused-ring (bicyclic) bond motifs is 1. The number of nitrogens with one attached hydrogen (secondary N) is 1. The molecule has 0 spiro atoms. The predicted molar refractivity (Wildman–Crippen MR) is 97.0 cm³/mol. The van der Waals surface area contributed by atoms with Crippen molar-refractivity contribution in [2.45, 2.75) is 32.0 Å². The average molecular weight is 322 g/mol. The minimum Gasteiger partial charge on any atom is -0.489 e. The van der Waals surface area contributed by atoms with Gasteiger partial charge in [0.15, 0.2) is 0 Å².